The second-order valence-corrected chi connectivity index (χ2v) is 7.29. The summed E-state index contributed by atoms with van der Waals surface area (Å²) in [6.07, 6.45) is 2.83. The molecule has 0 amide bonds. The Morgan fingerprint density at radius 3 is 2.24 bits per heavy atom. The van der Waals surface area contributed by atoms with Crippen LogP contribution in [0.4, 0.5) is 0 Å². The van der Waals surface area contributed by atoms with Gasteiger partial charge in [-0.3, -0.25) is 0 Å². The molecule has 1 saturated heterocycles. The molecule has 2 atom stereocenters. The van der Waals surface area contributed by atoms with Crippen LogP contribution < -0.4 is 9.47 Å². The molecule has 1 heterocycles. The summed E-state index contributed by atoms with van der Waals surface area (Å²) in [5, 5.41) is 0. The lowest BCUT2D eigenvalue weighted by molar-refractivity contribution is 0.203. The summed E-state index contributed by atoms with van der Waals surface area (Å²) in [5.41, 5.74) is 0. The zero-order valence-corrected chi connectivity index (χ0v) is 13.8. The first kappa shape index (κ1) is 16.1. The van der Waals surface area contributed by atoms with Crippen LogP contribution in [0.2, 0.25) is 0 Å². The van der Waals surface area contributed by atoms with Gasteiger partial charge in [-0.05, 0) is 38.8 Å². The lowest BCUT2D eigenvalue weighted by Gasteiger charge is -2.37. The highest BCUT2D eigenvalue weighted by Gasteiger charge is 2.37. The summed E-state index contributed by atoms with van der Waals surface area (Å²) in [7, 11) is -0.613. The predicted octanol–water partition coefficient (Wildman–Crippen LogP) is 2.66. The first-order valence-corrected chi connectivity index (χ1v) is 8.61. The van der Waals surface area contributed by atoms with Crippen LogP contribution in [0.5, 0.6) is 11.5 Å². The number of piperidine rings is 1. The number of rotatable bonds is 4. The largest absolute Gasteiger partial charge is 0.497 e. The zero-order chi connectivity index (χ0) is 15.6. The third-order valence-electron chi connectivity index (χ3n) is 4.04. The normalized spacial score (nSPS) is 23.8. The topological polar surface area (TPSA) is 55.8 Å². The van der Waals surface area contributed by atoms with Crippen molar-refractivity contribution in [3.63, 3.8) is 0 Å². The average molecular weight is 313 g/mol. The maximum Gasteiger partial charge on any atom is 0.247 e. The molecule has 0 spiro atoms. The third-order valence-corrected chi connectivity index (χ3v) is 6.19. The maximum absolute atomic E-state index is 13.0. The van der Waals surface area contributed by atoms with Crippen molar-refractivity contribution in [3.8, 4) is 11.5 Å². The van der Waals surface area contributed by atoms with E-state index in [9.17, 15) is 8.42 Å². The minimum Gasteiger partial charge on any atom is -0.497 e. The quantitative estimate of drug-likeness (QED) is 0.857. The molecule has 1 aromatic carbocycles. The Kier molecular flexibility index (Phi) is 4.78. The lowest BCUT2D eigenvalue weighted by atomic mass is 10.0. The Bertz CT molecular complexity index is 590. The van der Waals surface area contributed by atoms with Crippen molar-refractivity contribution in [2.75, 3.05) is 14.2 Å². The first-order chi connectivity index (χ1) is 9.91. The third kappa shape index (κ3) is 3.01. The van der Waals surface area contributed by atoms with Gasteiger partial charge in [0.25, 0.3) is 0 Å². The minimum atomic E-state index is -3.61. The summed E-state index contributed by atoms with van der Waals surface area (Å²) in [5.74, 6) is 0.854. The van der Waals surface area contributed by atoms with Crippen LogP contribution in [0.1, 0.15) is 33.1 Å². The van der Waals surface area contributed by atoms with E-state index >= 15 is 0 Å². The summed E-state index contributed by atoms with van der Waals surface area (Å²) >= 11 is 0. The van der Waals surface area contributed by atoms with E-state index in [1.54, 1.807) is 16.4 Å². The number of hydrogen-bond acceptors (Lipinski definition) is 4. The van der Waals surface area contributed by atoms with Gasteiger partial charge in [0.1, 0.15) is 16.4 Å². The Labute approximate surface area is 126 Å². The highest BCUT2D eigenvalue weighted by atomic mass is 32.2. The summed E-state index contributed by atoms with van der Waals surface area (Å²) in [6, 6.07) is 4.85. The number of methoxy groups -OCH3 is 2. The van der Waals surface area contributed by atoms with Gasteiger partial charge in [0.15, 0.2) is 0 Å². The van der Waals surface area contributed by atoms with E-state index in [1.807, 2.05) is 13.8 Å². The second kappa shape index (κ2) is 6.23. The predicted molar refractivity (Wildman–Crippen MR) is 81.3 cm³/mol. The molecule has 21 heavy (non-hydrogen) atoms. The minimum absolute atomic E-state index is 0.00495. The van der Waals surface area contributed by atoms with Gasteiger partial charge in [-0.1, -0.05) is 6.42 Å². The van der Waals surface area contributed by atoms with Gasteiger partial charge < -0.3 is 9.47 Å². The van der Waals surface area contributed by atoms with Gasteiger partial charge in [0.05, 0.1) is 14.2 Å². The number of nitrogens with zero attached hydrogens (tertiary/aromatic N) is 1. The molecule has 5 nitrogen and oxygen atoms in total. The zero-order valence-electron chi connectivity index (χ0n) is 13.0. The van der Waals surface area contributed by atoms with E-state index in [0.717, 1.165) is 19.3 Å². The van der Waals surface area contributed by atoms with Gasteiger partial charge in [-0.15, -0.1) is 0 Å². The Balaban J connectivity index is 2.52. The molecule has 118 valence electrons. The molecule has 1 aliphatic heterocycles. The average Bonchev–Trinajstić information content (AvgIpc) is 2.46. The van der Waals surface area contributed by atoms with Gasteiger partial charge in [-0.25, -0.2) is 8.42 Å². The van der Waals surface area contributed by atoms with Crippen molar-refractivity contribution >= 4 is 10.0 Å². The van der Waals surface area contributed by atoms with Gasteiger partial charge in [0.2, 0.25) is 10.0 Å². The van der Waals surface area contributed by atoms with E-state index < -0.39 is 10.0 Å². The molecule has 0 aromatic heterocycles. The van der Waals surface area contributed by atoms with Crippen LogP contribution in [-0.2, 0) is 10.0 Å². The molecule has 1 aliphatic rings. The molecule has 6 heteroatoms. The van der Waals surface area contributed by atoms with Crippen molar-refractivity contribution in [1.29, 1.82) is 0 Å². The number of benzene rings is 1. The van der Waals surface area contributed by atoms with Crippen LogP contribution in [-0.4, -0.2) is 39.0 Å². The summed E-state index contributed by atoms with van der Waals surface area (Å²) in [6.45, 7) is 3.92. The molecule has 0 saturated carbocycles. The van der Waals surface area contributed by atoms with Crippen LogP contribution in [0, 0.1) is 0 Å². The monoisotopic (exact) mass is 313 g/mol. The molecule has 0 aliphatic carbocycles. The van der Waals surface area contributed by atoms with Gasteiger partial charge in [-0.2, -0.15) is 4.31 Å². The van der Waals surface area contributed by atoms with Gasteiger partial charge >= 0.3 is 0 Å². The van der Waals surface area contributed by atoms with E-state index in [-0.39, 0.29) is 17.0 Å². The van der Waals surface area contributed by atoms with Crippen LogP contribution in [0.25, 0.3) is 0 Å². The van der Waals surface area contributed by atoms with Crippen LogP contribution in [0.15, 0.2) is 23.1 Å². The standard InChI is InChI=1S/C15H23NO4S/c1-11-6-5-7-12(2)16(11)21(17,18)15-10-13(19-3)8-9-14(15)20-4/h8-12H,5-7H2,1-4H3/t11-,12+. The fourth-order valence-corrected chi connectivity index (χ4v) is 5.03. The molecular weight excluding hydrogens is 290 g/mol. The van der Waals surface area contributed by atoms with Crippen LogP contribution in [0.3, 0.4) is 0 Å². The van der Waals surface area contributed by atoms with E-state index in [4.69, 9.17) is 9.47 Å². The Morgan fingerprint density at radius 1 is 1.10 bits per heavy atom. The van der Waals surface area contributed by atoms with E-state index in [0.29, 0.717) is 11.5 Å². The van der Waals surface area contributed by atoms with Crippen LogP contribution >= 0.6 is 0 Å². The molecule has 1 aromatic rings. The van der Waals surface area contributed by atoms with Crippen molar-refractivity contribution in [2.45, 2.75) is 50.1 Å². The van der Waals surface area contributed by atoms with Crippen molar-refractivity contribution in [3.05, 3.63) is 18.2 Å². The SMILES string of the molecule is COc1ccc(OC)c(S(=O)(=O)N2[C@H](C)CCC[C@@H]2C)c1. The molecule has 1 fully saturated rings. The molecule has 0 bridgehead atoms. The first-order valence-electron chi connectivity index (χ1n) is 7.17. The molecule has 2 rings (SSSR count). The van der Waals surface area contributed by atoms with Crippen molar-refractivity contribution < 1.29 is 17.9 Å². The van der Waals surface area contributed by atoms with Gasteiger partial charge in [0, 0.05) is 18.2 Å². The maximum atomic E-state index is 13.0. The molecule has 0 radical (unpaired) electrons. The highest BCUT2D eigenvalue weighted by Crippen LogP contribution is 2.35. The van der Waals surface area contributed by atoms with Crippen molar-refractivity contribution in [2.24, 2.45) is 0 Å². The molecular formula is C15H23NO4S. The van der Waals surface area contributed by atoms with E-state index in [1.165, 1.54) is 20.3 Å². The fourth-order valence-electron chi connectivity index (χ4n) is 2.97. The Morgan fingerprint density at radius 2 is 1.71 bits per heavy atom. The van der Waals surface area contributed by atoms with Crippen molar-refractivity contribution in [1.82, 2.24) is 4.31 Å². The number of hydrogen-bond donors (Lipinski definition) is 0. The summed E-state index contributed by atoms with van der Waals surface area (Å²) < 4.78 is 38.1. The molecule has 0 unspecified atom stereocenters. The second-order valence-electron chi connectivity index (χ2n) is 5.48. The Hall–Kier alpha value is -1.27. The number of ether oxygens (including phenoxy) is 2. The molecule has 0 N–H and O–H groups in total. The lowest BCUT2D eigenvalue weighted by Crippen LogP contribution is -2.47. The number of sulfonamides is 1. The summed E-state index contributed by atoms with van der Waals surface area (Å²) in [4.78, 5) is 0.171. The fraction of sp³-hybridized carbons (Fsp3) is 0.600. The van der Waals surface area contributed by atoms with E-state index in [2.05, 4.69) is 0 Å². The smallest absolute Gasteiger partial charge is 0.247 e. The highest BCUT2D eigenvalue weighted by molar-refractivity contribution is 7.89.